The Bertz CT molecular complexity index is 323. The first kappa shape index (κ1) is 13.2. The third-order valence-corrected chi connectivity index (χ3v) is 2.95. The lowest BCUT2D eigenvalue weighted by atomic mass is 9.93. The van der Waals surface area contributed by atoms with Crippen molar-refractivity contribution in [2.45, 2.75) is 39.5 Å². The highest BCUT2D eigenvalue weighted by Crippen LogP contribution is 2.22. The first-order valence-corrected chi connectivity index (χ1v) is 6.12. The minimum Gasteiger partial charge on any atom is -0.317 e. The van der Waals surface area contributed by atoms with Gasteiger partial charge in [0, 0.05) is 0 Å². The normalized spacial score (nSPS) is 12.8. The molecule has 0 aliphatic rings. The maximum Gasteiger partial charge on any atom is 0.123 e. The fraction of sp³-hybridized carbons (Fsp3) is 0.571. The van der Waals surface area contributed by atoms with Gasteiger partial charge in [0.05, 0.1) is 0 Å². The van der Waals surface area contributed by atoms with Gasteiger partial charge in [-0.05, 0) is 62.0 Å². The molecule has 0 bridgehead atoms. The van der Waals surface area contributed by atoms with Crippen LogP contribution in [0.2, 0.25) is 0 Å². The second-order valence-corrected chi connectivity index (χ2v) is 4.44. The Kier molecular flexibility index (Phi) is 5.47. The highest BCUT2D eigenvalue weighted by Gasteiger charge is 2.08. The lowest BCUT2D eigenvalue weighted by Gasteiger charge is -2.15. The van der Waals surface area contributed by atoms with Crippen LogP contribution in [-0.4, -0.2) is 13.1 Å². The molecule has 1 rings (SSSR count). The molecule has 1 aromatic carbocycles. The topological polar surface area (TPSA) is 12.0 Å². The number of benzene rings is 1. The second kappa shape index (κ2) is 6.64. The van der Waals surface area contributed by atoms with Crippen molar-refractivity contribution in [3.8, 4) is 0 Å². The second-order valence-electron chi connectivity index (χ2n) is 4.44. The predicted octanol–water partition coefficient (Wildman–Crippen LogP) is 3.63. The number of nitrogens with one attached hydrogen (secondary N) is 1. The summed E-state index contributed by atoms with van der Waals surface area (Å²) in [6, 6.07) is 5.06. The van der Waals surface area contributed by atoms with E-state index in [4.69, 9.17) is 0 Å². The van der Waals surface area contributed by atoms with Gasteiger partial charge in [0.15, 0.2) is 0 Å². The molecule has 0 spiro atoms. The molecule has 2 heteroatoms. The summed E-state index contributed by atoms with van der Waals surface area (Å²) in [5, 5.41) is 3.38. The molecule has 0 aliphatic carbocycles. The van der Waals surface area contributed by atoms with Crippen LogP contribution in [0.3, 0.4) is 0 Å². The molecule has 16 heavy (non-hydrogen) atoms. The van der Waals surface area contributed by atoms with Crippen LogP contribution in [0.5, 0.6) is 0 Å². The third kappa shape index (κ3) is 3.93. The molecule has 0 heterocycles. The van der Waals surface area contributed by atoms with Crippen molar-refractivity contribution in [1.82, 2.24) is 5.32 Å². The van der Waals surface area contributed by atoms with Crippen molar-refractivity contribution in [2.75, 3.05) is 13.1 Å². The van der Waals surface area contributed by atoms with Crippen LogP contribution in [0, 0.1) is 12.7 Å². The van der Waals surface area contributed by atoms with E-state index in [-0.39, 0.29) is 5.82 Å². The van der Waals surface area contributed by atoms with Gasteiger partial charge < -0.3 is 5.32 Å². The summed E-state index contributed by atoms with van der Waals surface area (Å²) in [6.07, 6.45) is 2.22. The molecule has 1 N–H and O–H groups in total. The molecule has 90 valence electrons. The number of hydrogen-bond donors (Lipinski definition) is 1. The Hall–Kier alpha value is -0.890. The van der Waals surface area contributed by atoms with Gasteiger partial charge in [0.1, 0.15) is 5.82 Å². The summed E-state index contributed by atoms with van der Waals surface area (Å²) >= 11 is 0. The maximum atomic E-state index is 13.1. The molecule has 0 aliphatic heterocycles. The van der Waals surface area contributed by atoms with E-state index in [0.29, 0.717) is 5.92 Å². The highest BCUT2D eigenvalue weighted by atomic mass is 19.1. The Labute approximate surface area is 98.1 Å². The predicted molar refractivity (Wildman–Crippen MR) is 67.3 cm³/mol. The summed E-state index contributed by atoms with van der Waals surface area (Å²) in [5.41, 5.74) is 2.32. The maximum absolute atomic E-state index is 13.1. The van der Waals surface area contributed by atoms with Crippen molar-refractivity contribution in [3.05, 3.63) is 35.1 Å². The van der Waals surface area contributed by atoms with Crippen LogP contribution in [0.4, 0.5) is 4.39 Å². The van der Waals surface area contributed by atoms with Gasteiger partial charge in [-0.25, -0.2) is 4.39 Å². The molecule has 1 unspecified atom stereocenters. The number of aryl methyl sites for hydroxylation is 1. The molecule has 1 nitrogen and oxygen atoms in total. The van der Waals surface area contributed by atoms with E-state index >= 15 is 0 Å². The van der Waals surface area contributed by atoms with Gasteiger partial charge in [0.2, 0.25) is 0 Å². The quantitative estimate of drug-likeness (QED) is 0.726. The van der Waals surface area contributed by atoms with Gasteiger partial charge in [-0.15, -0.1) is 0 Å². The number of hydrogen-bond acceptors (Lipinski definition) is 1. The summed E-state index contributed by atoms with van der Waals surface area (Å²) in [4.78, 5) is 0. The molecule has 0 saturated carbocycles. The van der Waals surface area contributed by atoms with Crippen LogP contribution in [0.25, 0.3) is 0 Å². The Morgan fingerprint density at radius 3 is 2.75 bits per heavy atom. The van der Waals surface area contributed by atoms with Crippen molar-refractivity contribution >= 4 is 0 Å². The van der Waals surface area contributed by atoms with Crippen LogP contribution < -0.4 is 5.32 Å². The standard InChI is InChI=1S/C14H22FN/c1-4-8-16-9-7-12(3)14-10-13(15)6-5-11(14)2/h5-6,10,12,16H,4,7-9H2,1-3H3. The van der Waals surface area contributed by atoms with E-state index in [2.05, 4.69) is 19.2 Å². The molecule has 1 aromatic rings. The van der Waals surface area contributed by atoms with Gasteiger partial charge in [-0.1, -0.05) is 19.9 Å². The summed E-state index contributed by atoms with van der Waals surface area (Å²) in [6.45, 7) is 8.44. The minimum atomic E-state index is -0.131. The van der Waals surface area contributed by atoms with Gasteiger partial charge in [0.25, 0.3) is 0 Å². The van der Waals surface area contributed by atoms with E-state index in [1.807, 2.05) is 13.0 Å². The van der Waals surface area contributed by atoms with Crippen molar-refractivity contribution in [2.24, 2.45) is 0 Å². The summed E-state index contributed by atoms with van der Waals surface area (Å²) < 4.78 is 13.1. The zero-order valence-corrected chi connectivity index (χ0v) is 10.5. The van der Waals surface area contributed by atoms with Crippen LogP contribution in [-0.2, 0) is 0 Å². The molecule has 0 saturated heterocycles. The monoisotopic (exact) mass is 223 g/mol. The molecule has 0 fully saturated rings. The first-order chi connectivity index (χ1) is 7.65. The lowest BCUT2D eigenvalue weighted by molar-refractivity contribution is 0.581. The van der Waals surface area contributed by atoms with Crippen molar-refractivity contribution in [1.29, 1.82) is 0 Å². The van der Waals surface area contributed by atoms with E-state index in [9.17, 15) is 4.39 Å². The Balaban J connectivity index is 2.51. The average molecular weight is 223 g/mol. The molecular weight excluding hydrogens is 201 g/mol. The molecule has 0 radical (unpaired) electrons. The van der Waals surface area contributed by atoms with Crippen LogP contribution >= 0.6 is 0 Å². The molecule has 0 aromatic heterocycles. The Morgan fingerprint density at radius 1 is 1.31 bits per heavy atom. The molecule has 1 atom stereocenters. The Morgan fingerprint density at radius 2 is 2.06 bits per heavy atom. The van der Waals surface area contributed by atoms with Crippen molar-refractivity contribution < 1.29 is 4.39 Å². The van der Waals surface area contributed by atoms with E-state index in [0.717, 1.165) is 31.5 Å². The van der Waals surface area contributed by atoms with Gasteiger partial charge >= 0.3 is 0 Å². The lowest BCUT2D eigenvalue weighted by Crippen LogP contribution is -2.17. The fourth-order valence-electron chi connectivity index (χ4n) is 1.92. The largest absolute Gasteiger partial charge is 0.317 e. The summed E-state index contributed by atoms with van der Waals surface area (Å²) in [5.74, 6) is 0.286. The van der Waals surface area contributed by atoms with Crippen LogP contribution in [0.15, 0.2) is 18.2 Å². The van der Waals surface area contributed by atoms with E-state index < -0.39 is 0 Å². The van der Waals surface area contributed by atoms with Gasteiger partial charge in [-0.2, -0.15) is 0 Å². The smallest absolute Gasteiger partial charge is 0.123 e. The van der Waals surface area contributed by atoms with E-state index in [1.165, 1.54) is 11.6 Å². The average Bonchev–Trinajstić information content (AvgIpc) is 2.27. The minimum absolute atomic E-state index is 0.131. The SMILES string of the molecule is CCCNCCC(C)c1cc(F)ccc1C. The molecular formula is C14H22FN. The molecule has 0 amide bonds. The fourth-order valence-corrected chi connectivity index (χ4v) is 1.92. The number of rotatable bonds is 6. The van der Waals surface area contributed by atoms with Crippen molar-refractivity contribution in [3.63, 3.8) is 0 Å². The highest BCUT2D eigenvalue weighted by molar-refractivity contribution is 5.29. The zero-order chi connectivity index (χ0) is 12.0. The van der Waals surface area contributed by atoms with Gasteiger partial charge in [-0.3, -0.25) is 0 Å². The number of halogens is 1. The first-order valence-electron chi connectivity index (χ1n) is 6.12. The third-order valence-electron chi connectivity index (χ3n) is 2.95. The van der Waals surface area contributed by atoms with E-state index in [1.54, 1.807) is 6.07 Å². The summed E-state index contributed by atoms with van der Waals surface area (Å²) in [7, 11) is 0. The zero-order valence-electron chi connectivity index (χ0n) is 10.5. The van der Waals surface area contributed by atoms with Crippen LogP contribution in [0.1, 0.15) is 43.7 Å².